The Morgan fingerprint density at radius 1 is 0.970 bits per heavy atom. The SMILES string of the molecule is O=C(Cc1ccccc1)Nc1ccc(-c2ccc(C(=O)[C@H]3CCC[C@@H]3C(=O)O)nc2)cc1F. The zero-order valence-electron chi connectivity index (χ0n) is 17.8. The van der Waals surface area contributed by atoms with Gasteiger partial charge in [-0.05, 0) is 42.2 Å². The molecule has 3 aromatic rings. The van der Waals surface area contributed by atoms with Crippen LogP contribution in [0.2, 0.25) is 0 Å². The molecule has 0 saturated heterocycles. The second-order valence-electron chi connectivity index (χ2n) is 8.18. The highest BCUT2D eigenvalue weighted by Gasteiger charge is 2.38. The number of Topliss-reactive ketones (excluding diaryl/α,β-unsaturated/α-hetero) is 1. The summed E-state index contributed by atoms with van der Waals surface area (Å²) in [5, 5.41) is 11.9. The molecule has 168 valence electrons. The number of carbonyl (C=O) groups is 3. The zero-order valence-corrected chi connectivity index (χ0v) is 17.8. The van der Waals surface area contributed by atoms with E-state index in [-0.39, 0.29) is 29.5 Å². The number of hydrogen-bond donors (Lipinski definition) is 2. The molecule has 2 atom stereocenters. The summed E-state index contributed by atoms with van der Waals surface area (Å²) < 4.78 is 14.6. The third kappa shape index (κ3) is 5.14. The van der Waals surface area contributed by atoms with E-state index < -0.39 is 23.6 Å². The number of ketones is 1. The van der Waals surface area contributed by atoms with Crippen molar-refractivity contribution >= 4 is 23.3 Å². The average Bonchev–Trinajstić information content (AvgIpc) is 3.31. The van der Waals surface area contributed by atoms with Gasteiger partial charge >= 0.3 is 5.97 Å². The van der Waals surface area contributed by atoms with Crippen molar-refractivity contribution < 1.29 is 23.9 Å². The molecule has 1 aromatic heterocycles. The third-order valence-corrected chi connectivity index (χ3v) is 5.97. The molecule has 1 fully saturated rings. The first-order valence-corrected chi connectivity index (χ1v) is 10.8. The predicted octanol–water partition coefficient (Wildman–Crippen LogP) is 4.75. The average molecular weight is 446 g/mol. The minimum atomic E-state index is -0.950. The number of aromatic nitrogens is 1. The van der Waals surface area contributed by atoms with Gasteiger partial charge in [-0.25, -0.2) is 4.39 Å². The number of pyridine rings is 1. The van der Waals surface area contributed by atoms with Crippen LogP contribution < -0.4 is 5.32 Å². The third-order valence-electron chi connectivity index (χ3n) is 5.97. The van der Waals surface area contributed by atoms with E-state index in [1.54, 1.807) is 18.2 Å². The lowest BCUT2D eigenvalue weighted by Crippen LogP contribution is -2.25. The van der Waals surface area contributed by atoms with Gasteiger partial charge in [0.25, 0.3) is 0 Å². The summed E-state index contributed by atoms with van der Waals surface area (Å²) in [6.07, 6.45) is 3.36. The topological polar surface area (TPSA) is 96.4 Å². The molecule has 4 rings (SSSR count). The fraction of sp³-hybridized carbons (Fsp3) is 0.231. The van der Waals surface area contributed by atoms with Crippen LogP contribution in [0.1, 0.15) is 35.3 Å². The van der Waals surface area contributed by atoms with Crippen LogP contribution in [0.4, 0.5) is 10.1 Å². The quantitative estimate of drug-likeness (QED) is 0.511. The van der Waals surface area contributed by atoms with Gasteiger partial charge in [-0.1, -0.05) is 48.9 Å². The Labute approximate surface area is 190 Å². The van der Waals surface area contributed by atoms with Gasteiger partial charge in [-0.3, -0.25) is 19.4 Å². The molecule has 6 nitrogen and oxygen atoms in total. The highest BCUT2D eigenvalue weighted by Crippen LogP contribution is 2.34. The number of anilines is 1. The van der Waals surface area contributed by atoms with Crippen LogP contribution in [0, 0.1) is 17.7 Å². The van der Waals surface area contributed by atoms with Crippen molar-refractivity contribution in [1.82, 2.24) is 4.98 Å². The normalized spacial score (nSPS) is 17.5. The van der Waals surface area contributed by atoms with E-state index in [1.165, 1.54) is 18.3 Å². The Hall–Kier alpha value is -3.87. The van der Waals surface area contributed by atoms with Crippen molar-refractivity contribution in [2.24, 2.45) is 11.8 Å². The first-order valence-electron chi connectivity index (χ1n) is 10.8. The van der Waals surface area contributed by atoms with Crippen molar-refractivity contribution in [3.63, 3.8) is 0 Å². The number of carboxylic acid groups (broad SMARTS) is 1. The second-order valence-corrected chi connectivity index (χ2v) is 8.18. The van der Waals surface area contributed by atoms with Gasteiger partial charge in [-0.2, -0.15) is 0 Å². The summed E-state index contributed by atoms with van der Waals surface area (Å²) in [7, 11) is 0. The number of aliphatic carboxylic acids is 1. The molecule has 0 bridgehead atoms. The van der Waals surface area contributed by atoms with E-state index in [2.05, 4.69) is 10.3 Å². The smallest absolute Gasteiger partial charge is 0.307 e. The molecule has 7 heteroatoms. The molecule has 1 aliphatic carbocycles. The number of carboxylic acids is 1. The number of benzene rings is 2. The Bertz CT molecular complexity index is 1180. The van der Waals surface area contributed by atoms with E-state index in [1.807, 2.05) is 30.3 Å². The highest BCUT2D eigenvalue weighted by atomic mass is 19.1. The molecule has 1 amide bonds. The minimum Gasteiger partial charge on any atom is -0.481 e. The largest absolute Gasteiger partial charge is 0.481 e. The Kier molecular flexibility index (Phi) is 6.58. The van der Waals surface area contributed by atoms with E-state index in [0.29, 0.717) is 30.4 Å². The van der Waals surface area contributed by atoms with Crippen LogP contribution >= 0.6 is 0 Å². The van der Waals surface area contributed by atoms with Crippen LogP contribution in [0.15, 0.2) is 66.9 Å². The molecule has 0 aliphatic heterocycles. The molecule has 0 radical (unpaired) electrons. The number of carbonyl (C=O) groups excluding carboxylic acids is 2. The van der Waals surface area contributed by atoms with Gasteiger partial charge in [0.15, 0.2) is 5.78 Å². The van der Waals surface area contributed by atoms with Crippen molar-refractivity contribution in [2.45, 2.75) is 25.7 Å². The lowest BCUT2D eigenvalue weighted by molar-refractivity contribution is -0.142. The number of rotatable bonds is 7. The van der Waals surface area contributed by atoms with Gasteiger partial charge in [-0.15, -0.1) is 0 Å². The second kappa shape index (κ2) is 9.73. The fourth-order valence-electron chi connectivity index (χ4n) is 4.24. The van der Waals surface area contributed by atoms with Crippen molar-refractivity contribution in [1.29, 1.82) is 0 Å². The van der Waals surface area contributed by atoms with Crippen molar-refractivity contribution in [3.05, 3.63) is 83.9 Å². The lowest BCUT2D eigenvalue weighted by atomic mass is 9.90. The van der Waals surface area contributed by atoms with E-state index in [0.717, 1.165) is 5.56 Å². The van der Waals surface area contributed by atoms with E-state index in [4.69, 9.17) is 0 Å². The summed E-state index contributed by atoms with van der Waals surface area (Å²) in [6, 6.07) is 16.8. The minimum absolute atomic E-state index is 0.0837. The van der Waals surface area contributed by atoms with Gasteiger partial charge in [0, 0.05) is 17.7 Å². The number of amides is 1. The summed E-state index contributed by atoms with van der Waals surface area (Å²) in [6.45, 7) is 0. The Balaban J connectivity index is 1.44. The maximum absolute atomic E-state index is 14.6. The molecule has 1 heterocycles. The first-order chi connectivity index (χ1) is 15.9. The summed E-state index contributed by atoms with van der Waals surface area (Å²) in [5.41, 5.74) is 2.28. The van der Waals surface area contributed by atoms with Crippen LogP contribution in [0.25, 0.3) is 11.1 Å². The maximum atomic E-state index is 14.6. The summed E-state index contributed by atoms with van der Waals surface area (Å²) in [5.74, 6) is -3.34. The molecule has 0 unspecified atom stereocenters. The van der Waals surface area contributed by atoms with Crippen LogP contribution in [-0.4, -0.2) is 27.8 Å². The molecular formula is C26H23FN2O4. The van der Waals surface area contributed by atoms with Gasteiger partial charge in [0.2, 0.25) is 5.91 Å². The molecule has 1 saturated carbocycles. The summed E-state index contributed by atoms with van der Waals surface area (Å²) >= 11 is 0. The Morgan fingerprint density at radius 3 is 2.36 bits per heavy atom. The van der Waals surface area contributed by atoms with E-state index in [9.17, 15) is 23.9 Å². The lowest BCUT2D eigenvalue weighted by Gasteiger charge is -2.14. The van der Waals surface area contributed by atoms with Crippen LogP contribution in [0.5, 0.6) is 0 Å². The van der Waals surface area contributed by atoms with Crippen LogP contribution in [-0.2, 0) is 16.0 Å². The molecule has 0 spiro atoms. The molecule has 1 aliphatic rings. The Morgan fingerprint density at radius 2 is 1.70 bits per heavy atom. The number of hydrogen-bond acceptors (Lipinski definition) is 4. The standard InChI is InChI=1S/C26H23FN2O4/c27-21-14-17(9-11-22(21)29-24(30)13-16-5-2-1-3-6-16)18-10-12-23(28-15-18)25(31)19-7-4-8-20(19)26(32)33/h1-3,5-6,9-12,14-15,19-20H,4,7-8,13H2,(H,29,30)(H,32,33)/t19-,20-/m0/s1. The molecule has 33 heavy (non-hydrogen) atoms. The molecule has 2 N–H and O–H groups in total. The van der Waals surface area contributed by atoms with Gasteiger partial charge < -0.3 is 10.4 Å². The molecule has 2 aromatic carbocycles. The number of halogens is 1. The zero-order chi connectivity index (χ0) is 23.4. The molecular weight excluding hydrogens is 423 g/mol. The number of nitrogens with zero attached hydrogens (tertiary/aromatic N) is 1. The first kappa shape index (κ1) is 22.3. The van der Waals surface area contributed by atoms with Crippen molar-refractivity contribution in [3.8, 4) is 11.1 Å². The van der Waals surface area contributed by atoms with Gasteiger partial charge in [0.1, 0.15) is 11.5 Å². The van der Waals surface area contributed by atoms with E-state index >= 15 is 0 Å². The van der Waals surface area contributed by atoms with Crippen LogP contribution in [0.3, 0.4) is 0 Å². The maximum Gasteiger partial charge on any atom is 0.307 e. The highest BCUT2D eigenvalue weighted by molar-refractivity contribution is 5.99. The van der Waals surface area contributed by atoms with Crippen molar-refractivity contribution in [2.75, 3.05) is 5.32 Å². The summed E-state index contributed by atoms with van der Waals surface area (Å²) in [4.78, 5) is 40.5. The number of nitrogens with one attached hydrogen (secondary N) is 1. The van der Waals surface area contributed by atoms with Gasteiger partial charge in [0.05, 0.1) is 18.0 Å². The monoisotopic (exact) mass is 446 g/mol. The predicted molar refractivity (Wildman–Crippen MR) is 121 cm³/mol. The fourth-order valence-corrected chi connectivity index (χ4v) is 4.24.